The largest absolute Gasteiger partial charge is 0.379 e. The van der Waals surface area contributed by atoms with Crippen LogP contribution in [0.3, 0.4) is 0 Å². The minimum Gasteiger partial charge on any atom is -0.379 e. The van der Waals surface area contributed by atoms with Crippen LogP contribution in [0, 0.1) is 5.92 Å². The van der Waals surface area contributed by atoms with Crippen LogP contribution in [0.2, 0.25) is 0 Å². The first kappa shape index (κ1) is 15.3. The van der Waals surface area contributed by atoms with Gasteiger partial charge in [0.25, 0.3) is 0 Å². The first-order valence-electron chi connectivity index (χ1n) is 8.26. The molecule has 0 radical (unpaired) electrons. The summed E-state index contributed by atoms with van der Waals surface area (Å²) in [4.78, 5) is 2.72. The lowest BCUT2D eigenvalue weighted by molar-refractivity contribution is -0.0368. The molecule has 1 aliphatic carbocycles. The molecule has 1 N–H and O–H groups in total. The highest BCUT2D eigenvalue weighted by Gasteiger charge is 2.38. The lowest BCUT2D eigenvalue weighted by Gasteiger charge is -2.48. The third-order valence-corrected chi connectivity index (χ3v) is 4.82. The number of ether oxygens (including phenoxy) is 1. The van der Waals surface area contributed by atoms with Gasteiger partial charge in [0, 0.05) is 25.2 Å². The molecule has 0 unspecified atom stereocenters. The van der Waals surface area contributed by atoms with E-state index in [2.05, 4.69) is 24.1 Å². The Kier molecular flexibility index (Phi) is 6.11. The minimum absolute atomic E-state index is 0.430. The van der Waals surface area contributed by atoms with E-state index in [0.717, 1.165) is 32.2 Å². The molecular weight excluding hydrogens is 236 g/mol. The van der Waals surface area contributed by atoms with Gasteiger partial charge in [0.2, 0.25) is 0 Å². The van der Waals surface area contributed by atoms with Crippen molar-refractivity contribution >= 4 is 0 Å². The van der Waals surface area contributed by atoms with Crippen LogP contribution in [0.15, 0.2) is 0 Å². The smallest absolute Gasteiger partial charge is 0.0594 e. The molecule has 112 valence electrons. The molecule has 1 saturated heterocycles. The molecule has 0 aromatic rings. The van der Waals surface area contributed by atoms with Crippen molar-refractivity contribution in [3.8, 4) is 0 Å². The quantitative estimate of drug-likeness (QED) is 0.750. The Balaban J connectivity index is 1.86. The molecule has 3 heteroatoms. The van der Waals surface area contributed by atoms with Crippen molar-refractivity contribution in [2.24, 2.45) is 5.92 Å². The van der Waals surface area contributed by atoms with Crippen LogP contribution in [-0.4, -0.2) is 49.8 Å². The second kappa shape index (κ2) is 7.61. The van der Waals surface area contributed by atoms with Gasteiger partial charge in [0.15, 0.2) is 0 Å². The van der Waals surface area contributed by atoms with Gasteiger partial charge in [-0.1, -0.05) is 33.1 Å². The van der Waals surface area contributed by atoms with E-state index in [4.69, 9.17) is 4.74 Å². The van der Waals surface area contributed by atoms with Crippen molar-refractivity contribution in [1.29, 1.82) is 0 Å². The highest BCUT2D eigenvalue weighted by atomic mass is 16.5. The Bertz CT molecular complexity index is 243. The van der Waals surface area contributed by atoms with Gasteiger partial charge < -0.3 is 10.1 Å². The van der Waals surface area contributed by atoms with E-state index in [1.165, 1.54) is 51.6 Å². The monoisotopic (exact) mass is 268 g/mol. The highest BCUT2D eigenvalue weighted by molar-refractivity contribution is 4.95. The standard InChI is InChI=1S/C16H32N2O/c1-15(2)6-9-17-14-16(7-4-3-5-8-16)18-10-12-19-13-11-18/h15,17H,3-14H2,1-2H3. The molecule has 0 atom stereocenters. The summed E-state index contributed by atoms with van der Waals surface area (Å²) < 4.78 is 5.53. The van der Waals surface area contributed by atoms with Gasteiger partial charge in [-0.3, -0.25) is 4.90 Å². The van der Waals surface area contributed by atoms with E-state index in [0.29, 0.717) is 5.54 Å². The highest BCUT2D eigenvalue weighted by Crippen LogP contribution is 2.33. The molecule has 0 amide bonds. The Labute approximate surface area is 119 Å². The zero-order chi connectivity index (χ0) is 13.6. The first-order chi connectivity index (χ1) is 9.23. The van der Waals surface area contributed by atoms with Crippen molar-refractivity contribution < 1.29 is 4.74 Å². The fraction of sp³-hybridized carbons (Fsp3) is 1.00. The van der Waals surface area contributed by atoms with Gasteiger partial charge >= 0.3 is 0 Å². The minimum atomic E-state index is 0.430. The van der Waals surface area contributed by atoms with E-state index in [1.54, 1.807) is 0 Å². The molecule has 3 nitrogen and oxygen atoms in total. The van der Waals surface area contributed by atoms with Crippen LogP contribution in [0.25, 0.3) is 0 Å². The summed E-state index contributed by atoms with van der Waals surface area (Å²) in [6.45, 7) is 11.1. The summed E-state index contributed by atoms with van der Waals surface area (Å²) in [6.07, 6.45) is 8.28. The lowest BCUT2D eigenvalue weighted by Crippen LogP contribution is -2.59. The van der Waals surface area contributed by atoms with Gasteiger partial charge in [-0.15, -0.1) is 0 Å². The second-order valence-corrected chi connectivity index (χ2v) is 6.74. The molecule has 0 bridgehead atoms. The van der Waals surface area contributed by atoms with Crippen LogP contribution in [-0.2, 0) is 4.74 Å². The Morgan fingerprint density at radius 3 is 2.42 bits per heavy atom. The lowest BCUT2D eigenvalue weighted by atomic mass is 9.79. The van der Waals surface area contributed by atoms with Crippen LogP contribution in [0.5, 0.6) is 0 Å². The van der Waals surface area contributed by atoms with Crippen molar-refractivity contribution in [2.45, 2.75) is 57.9 Å². The first-order valence-corrected chi connectivity index (χ1v) is 8.26. The van der Waals surface area contributed by atoms with Crippen LogP contribution in [0.4, 0.5) is 0 Å². The normalized spacial score (nSPS) is 24.8. The van der Waals surface area contributed by atoms with Crippen LogP contribution < -0.4 is 5.32 Å². The second-order valence-electron chi connectivity index (χ2n) is 6.74. The van der Waals surface area contributed by atoms with Crippen LogP contribution >= 0.6 is 0 Å². The van der Waals surface area contributed by atoms with Gasteiger partial charge in [-0.2, -0.15) is 0 Å². The summed E-state index contributed by atoms with van der Waals surface area (Å²) in [5, 5.41) is 3.74. The summed E-state index contributed by atoms with van der Waals surface area (Å²) in [5.41, 5.74) is 0.430. The van der Waals surface area contributed by atoms with E-state index < -0.39 is 0 Å². The van der Waals surface area contributed by atoms with Gasteiger partial charge in [-0.05, 0) is 31.7 Å². The molecule has 2 aliphatic rings. The van der Waals surface area contributed by atoms with E-state index in [1.807, 2.05) is 0 Å². The van der Waals surface area contributed by atoms with Crippen molar-refractivity contribution in [2.75, 3.05) is 39.4 Å². The molecule has 0 aromatic carbocycles. The molecule has 19 heavy (non-hydrogen) atoms. The molecule has 1 saturated carbocycles. The van der Waals surface area contributed by atoms with E-state index in [9.17, 15) is 0 Å². The predicted molar refractivity (Wildman–Crippen MR) is 80.5 cm³/mol. The topological polar surface area (TPSA) is 24.5 Å². The fourth-order valence-corrected chi connectivity index (χ4v) is 3.56. The van der Waals surface area contributed by atoms with E-state index >= 15 is 0 Å². The summed E-state index contributed by atoms with van der Waals surface area (Å²) in [6, 6.07) is 0. The van der Waals surface area contributed by atoms with Crippen LogP contribution in [0.1, 0.15) is 52.4 Å². The molecule has 0 spiro atoms. The number of morpholine rings is 1. The Morgan fingerprint density at radius 1 is 1.11 bits per heavy atom. The van der Waals surface area contributed by atoms with Gasteiger partial charge in [-0.25, -0.2) is 0 Å². The molecule has 1 aliphatic heterocycles. The van der Waals surface area contributed by atoms with Gasteiger partial charge in [0.1, 0.15) is 0 Å². The molecule has 2 rings (SSSR count). The summed E-state index contributed by atoms with van der Waals surface area (Å²) in [5.74, 6) is 0.804. The average Bonchev–Trinajstić information content (AvgIpc) is 2.45. The van der Waals surface area contributed by atoms with E-state index in [-0.39, 0.29) is 0 Å². The molecule has 0 aromatic heterocycles. The summed E-state index contributed by atoms with van der Waals surface area (Å²) >= 11 is 0. The Morgan fingerprint density at radius 2 is 1.79 bits per heavy atom. The summed E-state index contributed by atoms with van der Waals surface area (Å²) in [7, 11) is 0. The fourth-order valence-electron chi connectivity index (χ4n) is 3.56. The predicted octanol–water partition coefficient (Wildman–Crippen LogP) is 2.66. The number of hydrogen-bond donors (Lipinski definition) is 1. The average molecular weight is 268 g/mol. The third kappa shape index (κ3) is 4.44. The third-order valence-electron chi connectivity index (χ3n) is 4.82. The van der Waals surface area contributed by atoms with Gasteiger partial charge in [0.05, 0.1) is 13.2 Å². The molecule has 2 fully saturated rings. The van der Waals surface area contributed by atoms with Crippen molar-refractivity contribution in [1.82, 2.24) is 10.2 Å². The number of nitrogens with zero attached hydrogens (tertiary/aromatic N) is 1. The van der Waals surface area contributed by atoms with Crippen molar-refractivity contribution in [3.63, 3.8) is 0 Å². The maximum Gasteiger partial charge on any atom is 0.0594 e. The number of rotatable bonds is 6. The zero-order valence-corrected chi connectivity index (χ0v) is 12.9. The SMILES string of the molecule is CC(C)CCNCC1(N2CCOCC2)CCCCC1. The molecule has 1 heterocycles. The molecular formula is C16H32N2O. The Hall–Kier alpha value is -0.120. The van der Waals surface area contributed by atoms with Crippen molar-refractivity contribution in [3.05, 3.63) is 0 Å². The zero-order valence-electron chi connectivity index (χ0n) is 12.9. The maximum atomic E-state index is 5.53. The number of nitrogens with one attached hydrogen (secondary N) is 1. The maximum absolute atomic E-state index is 5.53. The number of hydrogen-bond acceptors (Lipinski definition) is 3.